The summed E-state index contributed by atoms with van der Waals surface area (Å²) >= 11 is 0. The van der Waals surface area contributed by atoms with E-state index in [1.54, 1.807) is 6.92 Å². The van der Waals surface area contributed by atoms with Crippen LogP contribution < -0.4 is 11.6 Å². The second-order valence-electron chi connectivity index (χ2n) is 2.49. The molecule has 4 N–H and O–H groups in total. The molecule has 0 fully saturated rings. The monoisotopic (exact) mass is 184 g/mol. The smallest absolute Gasteiger partial charge is 0.326 e. The van der Waals surface area contributed by atoms with Gasteiger partial charge in [0.25, 0.3) is 0 Å². The van der Waals surface area contributed by atoms with Crippen LogP contribution in [0.2, 0.25) is 0 Å². The molecule has 0 aliphatic rings. The molecule has 0 heterocycles. The Hall–Kier alpha value is -1.74. The highest BCUT2D eigenvalue weighted by Crippen LogP contribution is 1.96. The molecule has 0 aromatic carbocycles. The Morgan fingerprint density at radius 3 is 2.62 bits per heavy atom. The maximum Gasteiger partial charge on any atom is 0.326 e. The van der Waals surface area contributed by atoms with Crippen LogP contribution in [0.1, 0.15) is 6.92 Å². The van der Waals surface area contributed by atoms with E-state index in [2.05, 4.69) is 6.04 Å². The lowest BCUT2D eigenvalue weighted by atomic mass is 10.3. The van der Waals surface area contributed by atoms with E-state index in [4.69, 9.17) is 18.0 Å². The standard InChI is InChI=1S/C7H12N4O2/c1-3-11(7(8)13)6(2)4-10(9)5-12/h1,5-6H,4,9H2,2H3,(H2,8,13). The van der Waals surface area contributed by atoms with Gasteiger partial charge in [-0.25, -0.2) is 15.5 Å². The number of nitrogens with zero attached hydrogens (tertiary/aromatic N) is 2. The highest BCUT2D eigenvalue weighted by atomic mass is 16.2. The van der Waals surface area contributed by atoms with Crippen LogP contribution in [0.4, 0.5) is 4.79 Å². The first-order chi connectivity index (χ1) is 6.02. The van der Waals surface area contributed by atoms with E-state index in [-0.39, 0.29) is 6.54 Å². The SMILES string of the molecule is C#CN(C(N)=O)C(C)CN(N)C=O. The van der Waals surface area contributed by atoms with E-state index in [0.29, 0.717) is 6.41 Å². The maximum absolute atomic E-state index is 10.7. The Morgan fingerprint density at radius 1 is 1.77 bits per heavy atom. The fourth-order valence-corrected chi connectivity index (χ4v) is 0.838. The van der Waals surface area contributed by atoms with Crippen molar-refractivity contribution in [2.24, 2.45) is 11.6 Å². The Balaban J connectivity index is 4.23. The Labute approximate surface area is 76.4 Å². The van der Waals surface area contributed by atoms with Crippen molar-refractivity contribution in [2.75, 3.05) is 6.54 Å². The van der Waals surface area contributed by atoms with E-state index < -0.39 is 12.1 Å². The number of rotatable bonds is 4. The van der Waals surface area contributed by atoms with Gasteiger partial charge in [-0.3, -0.25) is 9.80 Å². The van der Waals surface area contributed by atoms with Crippen molar-refractivity contribution in [1.29, 1.82) is 0 Å². The molecule has 0 bridgehead atoms. The molecule has 6 heteroatoms. The third-order valence-electron chi connectivity index (χ3n) is 1.43. The summed E-state index contributed by atoms with van der Waals surface area (Å²) in [6, 6.07) is 0.945. The summed E-state index contributed by atoms with van der Waals surface area (Å²) in [5.41, 5.74) is 4.96. The first-order valence-corrected chi connectivity index (χ1v) is 3.54. The van der Waals surface area contributed by atoms with Gasteiger partial charge in [0.15, 0.2) is 0 Å². The predicted molar refractivity (Wildman–Crippen MR) is 46.7 cm³/mol. The van der Waals surface area contributed by atoms with Gasteiger partial charge in [0.2, 0.25) is 6.41 Å². The predicted octanol–water partition coefficient (Wildman–Crippen LogP) is -1.32. The minimum absolute atomic E-state index is 0.136. The molecule has 1 atom stereocenters. The summed E-state index contributed by atoms with van der Waals surface area (Å²) in [6.07, 6.45) is 5.46. The van der Waals surface area contributed by atoms with Gasteiger partial charge in [-0.15, -0.1) is 0 Å². The first-order valence-electron chi connectivity index (χ1n) is 3.54. The van der Waals surface area contributed by atoms with Gasteiger partial charge in [0, 0.05) is 6.04 Å². The second kappa shape index (κ2) is 5.00. The molecule has 72 valence electrons. The van der Waals surface area contributed by atoms with Crippen LogP contribution in [0.5, 0.6) is 0 Å². The topological polar surface area (TPSA) is 92.7 Å². The Morgan fingerprint density at radius 2 is 2.31 bits per heavy atom. The van der Waals surface area contributed by atoms with Crippen molar-refractivity contribution in [3.8, 4) is 12.5 Å². The normalized spacial score (nSPS) is 11.2. The fraction of sp³-hybridized carbons (Fsp3) is 0.429. The van der Waals surface area contributed by atoms with Gasteiger partial charge in [-0.1, -0.05) is 6.42 Å². The van der Waals surface area contributed by atoms with Gasteiger partial charge >= 0.3 is 6.03 Å². The van der Waals surface area contributed by atoms with Crippen LogP contribution in [0.3, 0.4) is 0 Å². The summed E-state index contributed by atoms with van der Waals surface area (Å²) in [6.45, 7) is 1.77. The van der Waals surface area contributed by atoms with Crippen molar-refractivity contribution < 1.29 is 9.59 Å². The van der Waals surface area contributed by atoms with Crippen LogP contribution >= 0.6 is 0 Å². The molecule has 1 unspecified atom stereocenters. The zero-order valence-electron chi connectivity index (χ0n) is 7.30. The van der Waals surface area contributed by atoms with Crippen molar-refractivity contribution in [1.82, 2.24) is 9.91 Å². The molecular weight excluding hydrogens is 172 g/mol. The molecule has 13 heavy (non-hydrogen) atoms. The third-order valence-corrected chi connectivity index (χ3v) is 1.43. The molecule has 0 saturated heterocycles. The molecule has 0 saturated carbocycles. The van der Waals surface area contributed by atoms with Gasteiger partial charge in [0.05, 0.1) is 12.6 Å². The quantitative estimate of drug-likeness (QED) is 0.142. The number of carbonyl (C=O) groups excluding carboxylic acids is 2. The van der Waals surface area contributed by atoms with E-state index in [0.717, 1.165) is 9.91 Å². The zero-order chi connectivity index (χ0) is 10.4. The number of urea groups is 1. The molecule has 3 amide bonds. The average molecular weight is 184 g/mol. The van der Waals surface area contributed by atoms with E-state index in [9.17, 15) is 9.59 Å². The summed E-state index contributed by atoms with van der Waals surface area (Å²) in [7, 11) is 0. The van der Waals surface area contributed by atoms with E-state index in [1.165, 1.54) is 0 Å². The number of amides is 3. The van der Waals surface area contributed by atoms with E-state index in [1.807, 2.05) is 0 Å². The van der Waals surface area contributed by atoms with Gasteiger partial charge < -0.3 is 5.73 Å². The lowest BCUT2D eigenvalue weighted by Crippen LogP contribution is -2.46. The molecule has 0 rings (SSSR count). The summed E-state index contributed by atoms with van der Waals surface area (Å²) in [5.74, 6) is 5.18. The fourth-order valence-electron chi connectivity index (χ4n) is 0.838. The van der Waals surface area contributed by atoms with Gasteiger partial charge in [-0.2, -0.15) is 0 Å². The third kappa shape index (κ3) is 3.44. The number of terminal acetylenes is 1. The molecule has 0 aliphatic heterocycles. The van der Waals surface area contributed by atoms with Crippen molar-refractivity contribution in [3.63, 3.8) is 0 Å². The number of hydrogen-bond donors (Lipinski definition) is 2. The first kappa shape index (κ1) is 11.3. The number of primary amides is 1. The van der Waals surface area contributed by atoms with Crippen molar-refractivity contribution in [2.45, 2.75) is 13.0 Å². The van der Waals surface area contributed by atoms with E-state index >= 15 is 0 Å². The van der Waals surface area contributed by atoms with Crippen LogP contribution in [0.25, 0.3) is 0 Å². The van der Waals surface area contributed by atoms with Crippen LogP contribution in [-0.4, -0.2) is 34.9 Å². The minimum atomic E-state index is -0.741. The summed E-state index contributed by atoms with van der Waals surface area (Å²) < 4.78 is 0. The van der Waals surface area contributed by atoms with Gasteiger partial charge in [-0.05, 0) is 6.92 Å². The molecule has 0 aromatic rings. The van der Waals surface area contributed by atoms with Crippen molar-refractivity contribution in [3.05, 3.63) is 0 Å². The number of carbonyl (C=O) groups is 2. The summed E-state index contributed by atoms with van der Waals surface area (Å²) in [4.78, 5) is 21.8. The van der Waals surface area contributed by atoms with Gasteiger partial charge in [0.1, 0.15) is 0 Å². The lowest BCUT2D eigenvalue weighted by molar-refractivity contribution is -0.118. The zero-order valence-corrected chi connectivity index (χ0v) is 7.30. The molecule has 6 nitrogen and oxygen atoms in total. The Bertz CT molecular complexity index is 235. The van der Waals surface area contributed by atoms with Crippen molar-refractivity contribution >= 4 is 12.4 Å². The Kier molecular flexibility index (Phi) is 4.33. The summed E-state index contributed by atoms with van der Waals surface area (Å²) in [5, 5.41) is 0.887. The second-order valence-corrected chi connectivity index (χ2v) is 2.49. The lowest BCUT2D eigenvalue weighted by Gasteiger charge is -2.23. The van der Waals surface area contributed by atoms with Crippen LogP contribution in [-0.2, 0) is 4.79 Å². The number of hydrogen-bond acceptors (Lipinski definition) is 3. The number of nitrogens with two attached hydrogens (primary N) is 2. The molecule has 0 radical (unpaired) electrons. The molecule has 0 spiro atoms. The molecular formula is C7H12N4O2. The largest absolute Gasteiger partial charge is 0.351 e. The molecule has 0 aliphatic carbocycles. The highest BCUT2D eigenvalue weighted by Gasteiger charge is 2.16. The maximum atomic E-state index is 10.7. The van der Waals surface area contributed by atoms with Crippen LogP contribution in [0, 0.1) is 12.5 Å². The highest BCUT2D eigenvalue weighted by molar-refractivity contribution is 5.74. The minimum Gasteiger partial charge on any atom is -0.351 e. The number of hydrazine groups is 1. The average Bonchev–Trinajstić information content (AvgIpc) is 2.04. The molecule has 0 aromatic heterocycles. The van der Waals surface area contributed by atoms with Crippen LogP contribution in [0.15, 0.2) is 0 Å².